The van der Waals surface area contributed by atoms with E-state index in [0.29, 0.717) is 6.42 Å². The fraction of sp³-hybridized carbons (Fsp3) is 0.957. The van der Waals surface area contributed by atoms with Crippen molar-refractivity contribution in [1.29, 1.82) is 5.26 Å². The Morgan fingerprint density at radius 3 is 1.46 bits per heavy atom. The maximum Gasteiger partial charge on any atom is 0.0635 e. The molecular weight excluding hydrogens is 346 g/mol. The summed E-state index contributed by atoms with van der Waals surface area (Å²) in [6.45, 7) is 7.21. The largest absolute Gasteiger partial charge is 0.330 e. The first-order chi connectivity index (χ1) is 13.8. The van der Waals surface area contributed by atoms with Crippen LogP contribution < -0.4 is 16.8 Å². The van der Waals surface area contributed by atoms with Crippen molar-refractivity contribution >= 4 is 0 Å². The molecule has 5 nitrogen and oxygen atoms in total. The molecule has 5 N–H and O–H groups in total. The molecule has 0 bridgehead atoms. The fourth-order valence-electron chi connectivity index (χ4n) is 3.54. The number of nitrogens with two attached hydrogens (primary N) is 2. The fourth-order valence-corrected chi connectivity index (χ4v) is 3.54. The number of rotatable bonds is 23. The Hall–Kier alpha value is -0.670. The van der Waals surface area contributed by atoms with Gasteiger partial charge in [0, 0.05) is 13.0 Å². The molecule has 28 heavy (non-hydrogen) atoms. The lowest BCUT2D eigenvalue weighted by molar-refractivity contribution is 0.266. The van der Waals surface area contributed by atoms with Crippen LogP contribution in [-0.4, -0.2) is 50.7 Å². The van der Waals surface area contributed by atoms with Crippen LogP contribution in [0.15, 0.2) is 0 Å². The minimum absolute atomic E-state index is 0.656. The van der Waals surface area contributed by atoms with Gasteiger partial charge in [0.15, 0.2) is 0 Å². The van der Waals surface area contributed by atoms with Crippen molar-refractivity contribution in [2.45, 2.75) is 96.3 Å². The zero-order valence-corrected chi connectivity index (χ0v) is 18.6. The second-order valence-electron chi connectivity index (χ2n) is 8.03. The predicted octanol–water partition coefficient (Wildman–Crippen LogP) is 4.17. The molecule has 0 atom stereocenters. The molecule has 0 aromatic heterocycles. The molecule has 0 radical (unpaired) electrons. The lowest BCUT2D eigenvalue weighted by atomic mass is 10.1. The molecule has 0 amide bonds. The van der Waals surface area contributed by atoms with Gasteiger partial charge in [-0.2, -0.15) is 5.26 Å². The van der Waals surface area contributed by atoms with Crippen LogP contribution in [0.4, 0.5) is 0 Å². The molecule has 0 aromatic carbocycles. The molecular formula is C23H49N5. The Labute approximate surface area is 175 Å². The highest BCUT2D eigenvalue weighted by Crippen LogP contribution is 2.08. The van der Waals surface area contributed by atoms with E-state index in [9.17, 15) is 0 Å². The van der Waals surface area contributed by atoms with Crippen molar-refractivity contribution in [2.75, 3.05) is 45.8 Å². The Bertz CT molecular complexity index is 329. The van der Waals surface area contributed by atoms with Crippen LogP contribution in [0.5, 0.6) is 0 Å². The SMILES string of the molecule is N#CCCN(CCCCCCN)CCCCCCCCNCCCCCCN. The van der Waals surface area contributed by atoms with Crippen molar-refractivity contribution < 1.29 is 0 Å². The molecule has 0 aliphatic rings. The molecule has 0 rings (SSSR count). The van der Waals surface area contributed by atoms with E-state index in [1.165, 1.54) is 90.0 Å². The van der Waals surface area contributed by atoms with E-state index in [4.69, 9.17) is 16.7 Å². The summed E-state index contributed by atoms with van der Waals surface area (Å²) >= 11 is 0. The summed E-state index contributed by atoms with van der Waals surface area (Å²) in [5.74, 6) is 0. The van der Waals surface area contributed by atoms with E-state index in [0.717, 1.165) is 45.7 Å². The van der Waals surface area contributed by atoms with Gasteiger partial charge in [-0.15, -0.1) is 0 Å². The lowest BCUT2D eigenvalue weighted by Gasteiger charge is -2.21. The molecule has 0 saturated heterocycles. The monoisotopic (exact) mass is 395 g/mol. The maximum atomic E-state index is 8.85. The van der Waals surface area contributed by atoms with E-state index in [2.05, 4.69) is 16.3 Å². The summed E-state index contributed by atoms with van der Waals surface area (Å²) in [6.07, 6.45) is 18.5. The highest BCUT2D eigenvalue weighted by atomic mass is 15.1. The highest BCUT2D eigenvalue weighted by Gasteiger charge is 2.04. The van der Waals surface area contributed by atoms with E-state index in [1.54, 1.807) is 0 Å². The molecule has 0 aliphatic heterocycles. The van der Waals surface area contributed by atoms with E-state index in [1.807, 2.05) is 0 Å². The van der Waals surface area contributed by atoms with Gasteiger partial charge >= 0.3 is 0 Å². The molecule has 5 heteroatoms. The van der Waals surface area contributed by atoms with E-state index < -0.39 is 0 Å². The molecule has 0 aliphatic carbocycles. The summed E-state index contributed by atoms with van der Waals surface area (Å²) < 4.78 is 0. The van der Waals surface area contributed by atoms with Gasteiger partial charge in [-0.1, -0.05) is 51.4 Å². The second kappa shape index (κ2) is 24.4. The minimum Gasteiger partial charge on any atom is -0.330 e. The molecule has 0 unspecified atom stereocenters. The van der Waals surface area contributed by atoms with Gasteiger partial charge < -0.3 is 21.7 Å². The van der Waals surface area contributed by atoms with Gasteiger partial charge in [0.2, 0.25) is 0 Å². The van der Waals surface area contributed by atoms with Gasteiger partial charge in [0.1, 0.15) is 0 Å². The Morgan fingerprint density at radius 2 is 1.00 bits per heavy atom. The Balaban J connectivity index is 3.42. The number of nitriles is 1. The molecule has 0 aromatic rings. The third-order valence-corrected chi connectivity index (χ3v) is 5.35. The van der Waals surface area contributed by atoms with Crippen molar-refractivity contribution in [1.82, 2.24) is 10.2 Å². The average molecular weight is 396 g/mol. The third kappa shape index (κ3) is 21.6. The number of unbranched alkanes of at least 4 members (excludes halogenated alkanes) is 11. The first-order valence-electron chi connectivity index (χ1n) is 12.0. The standard InChI is InChI=1S/C23H49N5/c24-16-9-3-6-12-20-27-19-11-5-1-2-7-13-21-28(23-15-18-26)22-14-8-4-10-17-25/h27H,1-17,19-25H2. The summed E-state index contributed by atoms with van der Waals surface area (Å²) in [5, 5.41) is 12.4. The van der Waals surface area contributed by atoms with Crippen LogP contribution in [0.3, 0.4) is 0 Å². The van der Waals surface area contributed by atoms with Gasteiger partial charge in [0.25, 0.3) is 0 Å². The van der Waals surface area contributed by atoms with Gasteiger partial charge in [-0.05, 0) is 77.8 Å². The van der Waals surface area contributed by atoms with E-state index >= 15 is 0 Å². The van der Waals surface area contributed by atoms with Crippen molar-refractivity contribution in [3.05, 3.63) is 0 Å². The summed E-state index contributed by atoms with van der Waals surface area (Å²) in [5.41, 5.74) is 11.1. The number of hydrogen-bond donors (Lipinski definition) is 3. The summed E-state index contributed by atoms with van der Waals surface area (Å²) in [7, 11) is 0. The van der Waals surface area contributed by atoms with Crippen LogP contribution in [0.1, 0.15) is 96.3 Å². The first-order valence-corrected chi connectivity index (χ1v) is 12.0. The van der Waals surface area contributed by atoms with Crippen LogP contribution in [-0.2, 0) is 0 Å². The van der Waals surface area contributed by atoms with Crippen LogP contribution in [0.2, 0.25) is 0 Å². The van der Waals surface area contributed by atoms with Crippen molar-refractivity contribution in [3.63, 3.8) is 0 Å². The number of nitrogens with zero attached hydrogens (tertiary/aromatic N) is 2. The Kier molecular flexibility index (Phi) is 23.8. The second-order valence-corrected chi connectivity index (χ2v) is 8.03. The third-order valence-electron chi connectivity index (χ3n) is 5.35. The van der Waals surface area contributed by atoms with Crippen LogP contribution in [0.25, 0.3) is 0 Å². The minimum atomic E-state index is 0.656. The zero-order chi connectivity index (χ0) is 20.5. The quantitative estimate of drug-likeness (QED) is 0.226. The smallest absolute Gasteiger partial charge is 0.0635 e. The maximum absolute atomic E-state index is 8.85. The van der Waals surface area contributed by atoms with Crippen LogP contribution >= 0.6 is 0 Å². The molecule has 166 valence electrons. The lowest BCUT2D eigenvalue weighted by Crippen LogP contribution is -2.27. The predicted molar refractivity (Wildman–Crippen MR) is 122 cm³/mol. The molecule has 0 saturated carbocycles. The summed E-state index contributed by atoms with van der Waals surface area (Å²) in [4.78, 5) is 2.49. The highest BCUT2D eigenvalue weighted by molar-refractivity contribution is 4.72. The van der Waals surface area contributed by atoms with Gasteiger partial charge in [0.05, 0.1) is 6.07 Å². The molecule has 0 spiro atoms. The normalized spacial score (nSPS) is 11.2. The topological polar surface area (TPSA) is 91.1 Å². The van der Waals surface area contributed by atoms with Crippen LogP contribution in [0, 0.1) is 11.3 Å². The van der Waals surface area contributed by atoms with Gasteiger partial charge in [-0.3, -0.25) is 0 Å². The average Bonchev–Trinajstić information content (AvgIpc) is 2.71. The number of hydrogen-bond acceptors (Lipinski definition) is 5. The van der Waals surface area contributed by atoms with Crippen molar-refractivity contribution in [3.8, 4) is 6.07 Å². The number of nitrogens with one attached hydrogen (secondary N) is 1. The Morgan fingerprint density at radius 1 is 0.571 bits per heavy atom. The first kappa shape index (κ1) is 27.3. The molecule has 0 heterocycles. The summed E-state index contributed by atoms with van der Waals surface area (Å²) in [6, 6.07) is 2.29. The van der Waals surface area contributed by atoms with Gasteiger partial charge in [-0.25, -0.2) is 0 Å². The van der Waals surface area contributed by atoms with Crippen molar-refractivity contribution in [2.24, 2.45) is 11.5 Å². The molecule has 0 fully saturated rings. The zero-order valence-electron chi connectivity index (χ0n) is 18.6. The van der Waals surface area contributed by atoms with E-state index in [-0.39, 0.29) is 0 Å².